The van der Waals surface area contributed by atoms with Crippen LogP contribution in [0.4, 0.5) is 4.79 Å². The molecule has 6 heteroatoms. The molecule has 0 N–H and O–H groups in total. The van der Waals surface area contributed by atoms with Gasteiger partial charge in [0.05, 0.1) is 13.2 Å². The highest BCUT2D eigenvalue weighted by Crippen LogP contribution is 2.23. The van der Waals surface area contributed by atoms with Crippen LogP contribution in [0.1, 0.15) is 37.5 Å². The average molecular weight is 317 g/mol. The highest BCUT2D eigenvalue weighted by molar-refractivity contribution is 6.62. The predicted octanol–water partition coefficient (Wildman–Crippen LogP) is 2.03. The fourth-order valence-electron chi connectivity index (χ4n) is 3.13. The molecule has 124 valence electrons. The molecule has 23 heavy (non-hydrogen) atoms. The van der Waals surface area contributed by atoms with Crippen molar-refractivity contribution >= 4 is 18.7 Å². The SMILES string of the molecule is Cc1c(B2OCCO2)ccc2c1CCN(C(=O)OC(C)(C)C)C2. The van der Waals surface area contributed by atoms with Crippen LogP contribution in [0.5, 0.6) is 0 Å². The molecule has 0 unspecified atom stereocenters. The van der Waals surface area contributed by atoms with Crippen LogP contribution < -0.4 is 5.46 Å². The predicted molar refractivity (Wildman–Crippen MR) is 88.8 cm³/mol. The van der Waals surface area contributed by atoms with Crippen LogP contribution in [0, 0.1) is 6.92 Å². The van der Waals surface area contributed by atoms with E-state index in [-0.39, 0.29) is 13.2 Å². The van der Waals surface area contributed by atoms with Crippen molar-refractivity contribution in [2.75, 3.05) is 19.8 Å². The van der Waals surface area contributed by atoms with Crippen LogP contribution in [0.15, 0.2) is 12.1 Å². The van der Waals surface area contributed by atoms with Crippen molar-refractivity contribution in [3.05, 3.63) is 28.8 Å². The maximum Gasteiger partial charge on any atom is 0.494 e. The van der Waals surface area contributed by atoms with Gasteiger partial charge in [-0.3, -0.25) is 0 Å². The zero-order valence-corrected chi connectivity index (χ0v) is 14.3. The van der Waals surface area contributed by atoms with Gasteiger partial charge in [-0.15, -0.1) is 0 Å². The van der Waals surface area contributed by atoms with E-state index in [0.717, 1.165) is 11.9 Å². The zero-order chi connectivity index (χ0) is 16.6. The second kappa shape index (κ2) is 6.17. The van der Waals surface area contributed by atoms with Gasteiger partial charge >= 0.3 is 13.2 Å². The van der Waals surface area contributed by atoms with E-state index in [9.17, 15) is 4.79 Å². The Morgan fingerprint density at radius 1 is 1.26 bits per heavy atom. The number of carbonyl (C=O) groups is 1. The van der Waals surface area contributed by atoms with E-state index in [2.05, 4.69) is 19.1 Å². The van der Waals surface area contributed by atoms with E-state index in [1.165, 1.54) is 16.7 Å². The highest BCUT2D eigenvalue weighted by atomic mass is 16.6. The first-order valence-corrected chi connectivity index (χ1v) is 8.17. The molecular weight excluding hydrogens is 293 g/mol. The number of hydrogen-bond donors (Lipinski definition) is 0. The normalized spacial score (nSPS) is 18.1. The number of fused-ring (bicyclic) bond motifs is 1. The molecule has 0 spiro atoms. The van der Waals surface area contributed by atoms with E-state index in [1.807, 2.05) is 20.8 Å². The summed E-state index contributed by atoms with van der Waals surface area (Å²) in [6, 6.07) is 4.14. The molecule has 5 nitrogen and oxygen atoms in total. The molecule has 2 aliphatic heterocycles. The standard InChI is InChI=1S/C17H24BNO4/c1-12-14-7-8-19(16(20)23-17(2,3)4)11-13(14)5-6-15(12)18-21-9-10-22-18/h5-6H,7-11H2,1-4H3. The van der Waals surface area contributed by atoms with Crippen molar-refractivity contribution in [2.45, 2.75) is 46.3 Å². The summed E-state index contributed by atoms with van der Waals surface area (Å²) in [5.41, 5.74) is 4.35. The summed E-state index contributed by atoms with van der Waals surface area (Å²) in [6.45, 7) is 10.3. The number of rotatable bonds is 1. The smallest absolute Gasteiger partial charge is 0.444 e. The van der Waals surface area contributed by atoms with E-state index < -0.39 is 5.60 Å². The maximum absolute atomic E-state index is 12.2. The molecule has 1 fully saturated rings. The maximum atomic E-state index is 12.2. The van der Waals surface area contributed by atoms with Gasteiger partial charge in [0, 0.05) is 13.1 Å². The molecule has 0 atom stereocenters. The molecule has 2 heterocycles. The first kappa shape index (κ1) is 16.3. The molecule has 1 aromatic rings. The van der Waals surface area contributed by atoms with Gasteiger partial charge in [-0.1, -0.05) is 12.1 Å². The number of ether oxygens (including phenoxy) is 1. The third kappa shape index (κ3) is 3.53. The first-order valence-electron chi connectivity index (χ1n) is 8.17. The number of carbonyl (C=O) groups excluding carboxylic acids is 1. The summed E-state index contributed by atoms with van der Waals surface area (Å²) >= 11 is 0. The van der Waals surface area contributed by atoms with E-state index >= 15 is 0 Å². The van der Waals surface area contributed by atoms with Crippen LogP contribution >= 0.6 is 0 Å². The van der Waals surface area contributed by atoms with E-state index in [1.54, 1.807) is 4.90 Å². The summed E-state index contributed by atoms with van der Waals surface area (Å²) in [6.07, 6.45) is 0.591. The first-order chi connectivity index (χ1) is 10.8. The Hall–Kier alpha value is -1.53. The van der Waals surface area contributed by atoms with Gasteiger partial charge in [0.15, 0.2) is 0 Å². The molecule has 0 bridgehead atoms. The van der Waals surface area contributed by atoms with Crippen LogP contribution in [-0.2, 0) is 27.0 Å². The molecule has 0 radical (unpaired) electrons. The number of amides is 1. The molecular formula is C17H24BNO4. The van der Waals surface area contributed by atoms with Crippen LogP contribution in [-0.4, -0.2) is 43.5 Å². The van der Waals surface area contributed by atoms with Crippen molar-refractivity contribution in [1.29, 1.82) is 0 Å². The Bertz CT molecular complexity index is 605. The Labute approximate surface area is 138 Å². The fraction of sp³-hybridized carbons (Fsp3) is 0.588. The zero-order valence-electron chi connectivity index (χ0n) is 14.3. The monoisotopic (exact) mass is 317 g/mol. The van der Waals surface area contributed by atoms with Gasteiger partial charge in [0.2, 0.25) is 0 Å². The molecule has 0 aromatic heterocycles. The van der Waals surface area contributed by atoms with E-state index in [0.29, 0.717) is 26.3 Å². The lowest BCUT2D eigenvalue weighted by atomic mass is 9.73. The molecule has 0 aliphatic carbocycles. The van der Waals surface area contributed by atoms with Crippen molar-refractivity contribution in [2.24, 2.45) is 0 Å². The number of hydrogen-bond acceptors (Lipinski definition) is 4. The lowest BCUT2D eigenvalue weighted by molar-refractivity contribution is 0.0224. The van der Waals surface area contributed by atoms with E-state index in [4.69, 9.17) is 14.0 Å². The van der Waals surface area contributed by atoms with Crippen molar-refractivity contribution in [3.8, 4) is 0 Å². The van der Waals surface area contributed by atoms with Gasteiger partial charge in [-0.2, -0.15) is 0 Å². The minimum Gasteiger partial charge on any atom is -0.444 e. The minimum atomic E-state index is -0.464. The average Bonchev–Trinajstić information content (AvgIpc) is 2.99. The Kier molecular flexibility index (Phi) is 4.38. The highest BCUT2D eigenvalue weighted by Gasteiger charge is 2.31. The van der Waals surface area contributed by atoms with Crippen LogP contribution in [0.2, 0.25) is 0 Å². The Morgan fingerprint density at radius 2 is 1.96 bits per heavy atom. The molecule has 0 saturated carbocycles. The topological polar surface area (TPSA) is 48.0 Å². The second-order valence-electron chi connectivity index (χ2n) is 7.14. The summed E-state index contributed by atoms with van der Waals surface area (Å²) in [4.78, 5) is 14.0. The van der Waals surface area contributed by atoms with Gasteiger partial charge < -0.3 is 18.9 Å². The molecule has 2 aliphatic rings. The van der Waals surface area contributed by atoms with Crippen molar-refractivity contribution < 1.29 is 18.8 Å². The largest absolute Gasteiger partial charge is 0.494 e. The third-order valence-electron chi connectivity index (χ3n) is 4.26. The summed E-state index contributed by atoms with van der Waals surface area (Å²) in [5, 5.41) is 0. The van der Waals surface area contributed by atoms with Gasteiger partial charge in [0.25, 0.3) is 0 Å². The van der Waals surface area contributed by atoms with Crippen LogP contribution in [0.3, 0.4) is 0 Å². The Morgan fingerprint density at radius 3 is 2.61 bits per heavy atom. The summed E-state index contributed by atoms with van der Waals surface area (Å²) < 4.78 is 16.7. The molecule has 1 saturated heterocycles. The van der Waals surface area contributed by atoms with Crippen molar-refractivity contribution in [3.63, 3.8) is 0 Å². The van der Waals surface area contributed by atoms with Crippen molar-refractivity contribution in [1.82, 2.24) is 4.90 Å². The Balaban J connectivity index is 1.77. The lowest BCUT2D eigenvalue weighted by Gasteiger charge is -2.32. The van der Waals surface area contributed by atoms with Gasteiger partial charge in [-0.25, -0.2) is 4.79 Å². The van der Waals surface area contributed by atoms with Gasteiger partial charge in [0.1, 0.15) is 5.60 Å². The summed E-state index contributed by atoms with van der Waals surface area (Å²) in [5.74, 6) is 0. The minimum absolute atomic E-state index is 0.243. The quantitative estimate of drug-likeness (QED) is 0.744. The lowest BCUT2D eigenvalue weighted by Crippen LogP contribution is -2.41. The molecule has 1 amide bonds. The molecule has 3 rings (SSSR count). The number of nitrogens with zero attached hydrogens (tertiary/aromatic N) is 1. The molecule has 1 aromatic carbocycles. The third-order valence-corrected chi connectivity index (χ3v) is 4.26. The van der Waals surface area contributed by atoms with Crippen LogP contribution in [0.25, 0.3) is 0 Å². The fourth-order valence-corrected chi connectivity index (χ4v) is 3.13. The van der Waals surface area contributed by atoms with Gasteiger partial charge in [-0.05, 0) is 56.3 Å². The summed E-state index contributed by atoms with van der Waals surface area (Å²) in [7, 11) is -0.246. The number of benzene rings is 1. The second-order valence-corrected chi connectivity index (χ2v) is 7.14.